The molecule has 0 amide bonds. The lowest BCUT2D eigenvalue weighted by Crippen LogP contribution is -2.15. The molecule has 5 nitrogen and oxygen atoms in total. The number of hydrogen-bond acceptors (Lipinski definition) is 4. The average molecular weight is 388 g/mol. The number of benzene rings is 2. The minimum atomic E-state index is -3.93. The van der Waals surface area contributed by atoms with E-state index < -0.39 is 19.9 Å². The molecule has 0 aliphatic rings. The van der Waals surface area contributed by atoms with E-state index in [-0.39, 0.29) is 26.4 Å². The molecule has 0 radical (unpaired) electrons. The standard InChI is InChI=1S/C16H18ClNO4S2/c1-11(2)12-4-7-14(8-5-12)24(21,22)18-15-10-13(17)6-9-16(15)23(3,19)20/h4-11,18H,1-3H3. The molecule has 2 aromatic carbocycles. The molecular formula is C16H18ClNO4S2. The van der Waals surface area contributed by atoms with E-state index in [2.05, 4.69) is 4.72 Å². The van der Waals surface area contributed by atoms with E-state index in [4.69, 9.17) is 11.6 Å². The third kappa shape index (κ3) is 4.28. The number of rotatable bonds is 5. The molecule has 0 unspecified atom stereocenters. The van der Waals surface area contributed by atoms with Gasteiger partial charge < -0.3 is 0 Å². The Kier molecular flexibility index (Phi) is 5.27. The van der Waals surface area contributed by atoms with Crippen LogP contribution in [-0.4, -0.2) is 23.1 Å². The van der Waals surface area contributed by atoms with E-state index >= 15 is 0 Å². The van der Waals surface area contributed by atoms with Crippen LogP contribution in [0.2, 0.25) is 5.02 Å². The van der Waals surface area contributed by atoms with Gasteiger partial charge >= 0.3 is 0 Å². The van der Waals surface area contributed by atoms with Crippen molar-refractivity contribution in [2.24, 2.45) is 0 Å². The molecule has 0 saturated heterocycles. The van der Waals surface area contributed by atoms with Crippen LogP contribution in [0.3, 0.4) is 0 Å². The first-order valence-electron chi connectivity index (χ1n) is 7.13. The van der Waals surface area contributed by atoms with Crippen LogP contribution < -0.4 is 4.72 Å². The monoisotopic (exact) mass is 387 g/mol. The summed E-state index contributed by atoms with van der Waals surface area (Å²) in [5, 5.41) is 0.232. The van der Waals surface area contributed by atoms with Gasteiger partial charge in [-0.05, 0) is 41.8 Å². The Balaban J connectivity index is 2.45. The first-order chi connectivity index (χ1) is 11.0. The summed E-state index contributed by atoms with van der Waals surface area (Å²) in [4.78, 5) is -0.0828. The molecule has 0 atom stereocenters. The highest BCUT2D eigenvalue weighted by Crippen LogP contribution is 2.28. The van der Waals surface area contributed by atoms with Crippen LogP contribution in [0.1, 0.15) is 25.3 Å². The predicted octanol–water partition coefficient (Wildman–Crippen LogP) is 3.67. The summed E-state index contributed by atoms with van der Waals surface area (Å²) in [6.07, 6.45) is 1.01. The molecule has 0 spiro atoms. The third-order valence-electron chi connectivity index (χ3n) is 3.44. The number of halogens is 1. The highest BCUT2D eigenvalue weighted by molar-refractivity contribution is 7.93. The fourth-order valence-corrected chi connectivity index (χ4v) is 4.27. The van der Waals surface area contributed by atoms with Gasteiger partial charge in [-0.3, -0.25) is 4.72 Å². The molecule has 0 aliphatic carbocycles. The fraction of sp³-hybridized carbons (Fsp3) is 0.250. The van der Waals surface area contributed by atoms with E-state index in [0.717, 1.165) is 11.8 Å². The molecule has 130 valence electrons. The number of anilines is 1. The lowest BCUT2D eigenvalue weighted by Gasteiger charge is -2.13. The van der Waals surface area contributed by atoms with E-state index in [1.54, 1.807) is 12.1 Å². The van der Waals surface area contributed by atoms with Gasteiger partial charge in [0.25, 0.3) is 10.0 Å². The lowest BCUT2D eigenvalue weighted by molar-refractivity contribution is 0.601. The Morgan fingerprint density at radius 3 is 2.04 bits per heavy atom. The summed E-state index contributed by atoms with van der Waals surface area (Å²) in [5.41, 5.74) is 0.937. The first-order valence-corrected chi connectivity index (χ1v) is 10.9. The maximum Gasteiger partial charge on any atom is 0.261 e. The molecule has 1 N–H and O–H groups in total. The zero-order valence-electron chi connectivity index (χ0n) is 13.4. The summed E-state index contributed by atoms with van der Waals surface area (Å²) in [5.74, 6) is 0.277. The van der Waals surface area contributed by atoms with Crippen molar-refractivity contribution in [1.82, 2.24) is 0 Å². The van der Waals surface area contributed by atoms with Gasteiger partial charge in [-0.15, -0.1) is 0 Å². The lowest BCUT2D eigenvalue weighted by atomic mass is 10.0. The zero-order chi connectivity index (χ0) is 18.1. The molecule has 0 aliphatic heterocycles. The van der Waals surface area contributed by atoms with E-state index in [0.29, 0.717) is 0 Å². The van der Waals surface area contributed by atoms with E-state index in [1.807, 2.05) is 13.8 Å². The van der Waals surface area contributed by atoms with Crippen LogP contribution in [0.15, 0.2) is 52.3 Å². The van der Waals surface area contributed by atoms with Crippen molar-refractivity contribution >= 4 is 37.1 Å². The smallest absolute Gasteiger partial charge is 0.261 e. The normalized spacial score (nSPS) is 12.4. The average Bonchev–Trinajstić information content (AvgIpc) is 2.45. The van der Waals surface area contributed by atoms with Crippen molar-refractivity contribution in [1.29, 1.82) is 0 Å². The number of sulfonamides is 1. The van der Waals surface area contributed by atoms with Crippen molar-refractivity contribution < 1.29 is 16.8 Å². The second-order valence-electron chi connectivity index (χ2n) is 5.74. The fourth-order valence-electron chi connectivity index (χ4n) is 2.14. The van der Waals surface area contributed by atoms with Crippen molar-refractivity contribution in [2.45, 2.75) is 29.6 Å². The second kappa shape index (κ2) is 6.74. The van der Waals surface area contributed by atoms with Crippen LogP contribution in [-0.2, 0) is 19.9 Å². The quantitative estimate of drug-likeness (QED) is 0.848. The van der Waals surface area contributed by atoms with Gasteiger partial charge in [0, 0.05) is 11.3 Å². The zero-order valence-corrected chi connectivity index (χ0v) is 15.8. The predicted molar refractivity (Wildman–Crippen MR) is 95.9 cm³/mol. The van der Waals surface area contributed by atoms with Crippen LogP contribution in [0, 0.1) is 0 Å². The SMILES string of the molecule is CC(C)c1ccc(S(=O)(=O)Nc2cc(Cl)ccc2S(C)(=O)=O)cc1. The van der Waals surface area contributed by atoms with Crippen LogP contribution in [0.5, 0.6) is 0 Å². The van der Waals surface area contributed by atoms with Crippen molar-refractivity contribution in [3.05, 3.63) is 53.1 Å². The van der Waals surface area contributed by atoms with Gasteiger partial charge in [0.1, 0.15) is 0 Å². The topological polar surface area (TPSA) is 80.3 Å². The molecule has 0 heterocycles. The van der Waals surface area contributed by atoms with Crippen LogP contribution >= 0.6 is 11.6 Å². The Bertz CT molecular complexity index is 950. The Morgan fingerprint density at radius 2 is 1.54 bits per heavy atom. The van der Waals surface area contributed by atoms with Crippen molar-refractivity contribution in [2.75, 3.05) is 11.0 Å². The molecule has 0 aromatic heterocycles. The van der Waals surface area contributed by atoms with Gasteiger partial charge in [0.2, 0.25) is 0 Å². The maximum atomic E-state index is 12.5. The van der Waals surface area contributed by atoms with Gasteiger partial charge in [0.05, 0.1) is 15.5 Å². The Hall–Kier alpha value is -1.57. The highest BCUT2D eigenvalue weighted by Gasteiger charge is 2.20. The van der Waals surface area contributed by atoms with E-state index in [9.17, 15) is 16.8 Å². The summed E-state index contributed by atoms with van der Waals surface area (Å²) in [6.45, 7) is 4.01. The van der Waals surface area contributed by atoms with Gasteiger partial charge in [-0.25, -0.2) is 16.8 Å². The number of hydrogen-bond donors (Lipinski definition) is 1. The van der Waals surface area contributed by atoms with E-state index in [1.165, 1.54) is 30.3 Å². The molecule has 2 aromatic rings. The summed E-state index contributed by atoms with van der Waals surface area (Å²) >= 11 is 5.87. The number of sulfone groups is 1. The Morgan fingerprint density at radius 1 is 0.958 bits per heavy atom. The first kappa shape index (κ1) is 18.8. The van der Waals surface area contributed by atoms with Crippen LogP contribution in [0.4, 0.5) is 5.69 Å². The van der Waals surface area contributed by atoms with Gasteiger partial charge in [-0.1, -0.05) is 37.6 Å². The Labute approximate surface area is 147 Å². The van der Waals surface area contributed by atoms with Gasteiger partial charge in [-0.2, -0.15) is 0 Å². The number of nitrogens with one attached hydrogen (secondary N) is 1. The molecule has 2 rings (SSSR count). The molecule has 0 saturated carbocycles. The molecular weight excluding hydrogens is 370 g/mol. The highest BCUT2D eigenvalue weighted by atomic mass is 35.5. The second-order valence-corrected chi connectivity index (χ2v) is 9.84. The minimum absolute atomic E-state index is 0.0475. The molecule has 0 fully saturated rings. The summed E-state index contributed by atoms with van der Waals surface area (Å²) in [7, 11) is -7.54. The maximum absolute atomic E-state index is 12.5. The molecule has 8 heteroatoms. The minimum Gasteiger partial charge on any atom is -0.278 e. The van der Waals surface area contributed by atoms with Crippen molar-refractivity contribution in [3.8, 4) is 0 Å². The largest absolute Gasteiger partial charge is 0.278 e. The molecule has 0 bridgehead atoms. The third-order valence-corrected chi connectivity index (χ3v) is 6.21. The summed E-state index contributed by atoms with van der Waals surface area (Å²) < 4.78 is 51.0. The summed E-state index contributed by atoms with van der Waals surface area (Å²) in [6, 6.07) is 10.4. The van der Waals surface area contributed by atoms with Gasteiger partial charge in [0.15, 0.2) is 9.84 Å². The van der Waals surface area contributed by atoms with Crippen LogP contribution in [0.25, 0.3) is 0 Å². The van der Waals surface area contributed by atoms with Crippen molar-refractivity contribution in [3.63, 3.8) is 0 Å². The molecule has 24 heavy (non-hydrogen) atoms.